The molecule has 2 N–H and O–H groups in total. The van der Waals surface area contributed by atoms with Gasteiger partial charge in [0.25, 0.3) is 5.91 Å². The summed E-state index contributed by atoms with van der Waals surface area (Å²) in [7, 11) is 0. The fraction of sp³-hybridized carbons (Fsp3) is 0.214. The lowest BCUT2D eigenvalue weighted by molar-refractivity contribution is 0.102. The number of ether oxygens (including phenoxy) is 1. The number of amides is 1. The number of pyridine rings is 1. The molecule has 0 aliphatic heterocycles. The molecule has 21 heavy (non-hydrogen) atoms. The zero-order valence-electron chi connectivity index (χ0n) is 11.6. The second kappa shape index (κ2) is 5.28. The third kappa shape index (κ3) is 2.58. The van der Waals surface area contributed by atoms with Crippen LogP contribution in [0.1, 0.15) is 23.0 Å². The van der Waals surface area contributed by atoms with Crippen LogP contribution >= 0.6 is 0 Å². The largest absolute Gasteiger partial charge is 0.478 e. The highest BCUT2D eigenvalue weighted by molar-refractivity contribution is 6.11. The Morgan fingerprint density at radius 2 is 2.33 bits per heavy atom. The maximum absolute atomic E-state index is 12.3. The standard InChI is InChI=1S/C14H14N4O3/c1-3-20-11-5-4-10-13(16-11)9(7-15-10)14(19)17-12-6-8(2)18-21-12/h4-7,15H,3H2,1-2H3,(H,17,19). The molecule has 7 heteroatoms. The van der Waals surface area contributed by atoms with E-state index in [2.05, 4.69) is 20.4 Å². The molecule has 3 aromatic rings. The first kappa shape index (κ1) is 13.2. The number of hydrogen-bond donors (Lipinski definition) is 2. The minimum absolute atomic E-state index is 0.299. The van der Waals surface area contributed by atoms with Crippen LogP contribution < -0.4 is 10.1 Å². The summed E-state index contributed by atoms with van der Waals surface area (Å²) in [6, 6.07) is 5.22. The number of rotatable bonds is 4. The van der Waals surface area contributed by atoms with Gasteiger partial charge in [-0.15, -0.1) is 0 Å². The van der Waals surface area contributed by atoms with Gasteiger partial charge in [0.05, 0.1) is 23.4 Å². The quantitative estimate of drug-likeness (QED) is 0.768. The monoisotopic (exact) mass is 286 g/mol. The third-order valence-corrected chi connectivity index (χ3v) is 2.90. The second-order valence-electron chi connectivity index (χ2n) is 4.47. The van der Waals surface area contributed by atoms with Crippen molar-refractivity contribution in [3.05, 3.63) is 35.7 Å². The van der Waals surface area contributed by atoms with Crippen molar-refractivity contribution in [2.45, 2.75) is 13.8 Å². The summed E-state index contributed by atoms with van der Waals surface area (Å²) in [5, 5.41) is 6.36. The van der Waals surface area contributed by atoms with Gasteiger partial charge < -0.3 is 14.2 Å². The predicted molar refractivity (Wildman–Crippen MR) is 76.5 cm³/mol. The maximum Gasteiger partial charge on any atom is 0.261 e. The van der Waals surface area contributed by atoms with Gasteiger partial charge in [-0.25, -0.2) is 4.98 Å². The molecule has 108 valence electrons. The van der Waals surface area contributed by atoms with E-state index in [4.69, 9.17) is 9.26 Å². The first-order chi connectivity index (χ1) is 10.2. The first-order valence-electron chi connectivity index (χ1n) is 6.53. The van der Waals surface area contributed by atoms with Crippen molar-refractivity contribution in [3.8, 4) is 5.88 Å². The number of hydrogen-bond acceptors (Lipinski definition) is 5. The van der Waals surface area contributed by atoms with Crippen molar-refractivity contribution < 1.29 is 14.1 Å². The normalized spacial score (nSPS) is 10.8. The summed E-state index contributed by atoms with van der Waals surface area (Å²) in [6.45, 7) is 4.17. The third-order valence-electron chi connectivity index (χ3n) is 2.90. The number of aryl methyl sites for hydroxylation is 1. The highest BCUT2D eigenvalue weighted by Crippen LogP contribution is 2.21. The number of H-pyrrole nitrogens is 1. The molecule has 0 saturated carbocycles. The minimum Gasteiger partial charge on any atom is -0.478 e. The van der Waals surface area contributed by atoms with Gasteiger partial charge in [-0.3, -0.25) is 10.1 Å². The van der Waals surface area contributed by atoms with E-state index < -0.39 is 0 Å². The lowest BCUT2D eigenvalue weighted by atomic mass is 10.2. The Balaban J connectivity index is 1.91. The minimum atomic E-state index is -0.321. The summed E-state index contributed by atoms with van der Waals surface area (Å²) in [5.41, 5.74) is 2.42. The second-order valence-corrected chi connectivity index (χ2v) is 4.47. The number of carbonyl (C=O) groups is 1. The summed E-state index contributed by atoms with van der Waals surface area (Å²) < 4.78 is 10.3. The Morgan fingerprint density at radius 1 is 1.48 bits per heavy atom. The molecule has 0 aromatic carbocycles. The number of carbonyl (C=O) groups excluding carboxylic acids is 1. The summed E-state index contributed by atoms with van der Waals surface area (Å²) in [5.74, 6) is 0.459. The molecular formula is C14H14N4O3. The molecule has 1 amide bonds. The SMILES string of the molecule is CCOc1ccc2[nH]cc(C(=O)Nc3cc(C)no3)c2n1. The van der Waals surface area contributed by atoms with E-state index in [0.29, 0.717) is 35.1 Å². The Kier molecular flexibility index (Phi) is 3.31. The van der Waals surface area contributed by atoms with Crippen LogP contribution in [0.3, 0.4) is 0 Å². The molecule has 0 bridgehead atoms. The number of aromatic nitrogens is 3. The van der Waals surface area contributed by atoms with Crippen LogP contribution in [0.15, 0.2) is 28.9 Å². The Bertz CT molecular complexity index is 790. The Labute approximate surface area is 120 Å². The van der Waals surface area contributed by atoms with Crippen molar-refractivity contribution in [3.63, 3.8) is 0 Å². The number of anilines is 1. The van der Waals surface area contributed by atoms with Crippen LogP contribution in [-0.2, 0) is 0 Å². The molecule has 0 aliphatic rings. The molecular weight excluding hydrogens is 272 g/mol. The Morgan fingerprint density at radius 3 is 3.05 bits per heavy atom. The fourth-order valence-electron chi connectivity index (χ4n) is 1.98. The summed E-state index contributed by atoms with van der Waals surface area (Å²) >= 11 is 0. The number of fused-ring (bicyclic) bond motifs is 1. The van der Waals surface area contributed by atoms with Crippen molar-refractivity contribution >= 4 is 22.8 Å². The van der Waals surface area contributed by atoms with Gasteiger partial charge >= 0.3 is 0 Å². The van der Waals surface area contributed by atoms with Gasteiger partial charge in [0.1, 0.15) is 5.52 Å². The highest BCUT2D eigenvalue weighted by Gasteiger charge is 2.16. The van der Waals surface area contributed by atoms with Gasteiger partial charge in [-0.1, -0.05) is 5.16 Å². The van der Waals surface area contributed by atoms with E-state index in [0.717, 1.165) is 5.52 Å². The van der Waals surface area contributed by atoms with Crippen LogP contribution in [0.5, 0.6) is 5.88 Å². The van der Waals surface area contributed by atoms with E-state index in [9.17, 15) is 4.79 Å². The van der Waals surface area contributed by atoms with Crippen LogP contribution in [-0.4, -0.2) is 27.6 Å². The van der Waals surface area contributed by atoms with Crippen molar-refractivity contribution in [1.29, 1.82) is 0 Å². The molecule has 3 rings (SSSR count). The van der Waals surface area contributed by atoms with Crippen molar-refractivity contribution in [2.24, 2.45) is 0 Å². The van der Waals surface area contributed by atoms with Crippen molar-refractivity contribution in [1.82, 2.24) is 15.1 Å². The van der Waals surface area contributed by atoms with Crippen molar-refractivity contribution in [2.75, 3.05) is 11.9 Å². The maximum atomic E-state index is 12.3. The molecule has 0 spiro atoms. The smallest absolute Gasteiger partial charge is 0.261 e. The fourth-order valence-corrected chi connectivity index (χ4v) is 1.98. The molecule has 3 aromatic heterocycles. The van der Waals surface area contributed by atoms with Crippen LogP contribution in [0.25, 0.3) is 11.0 Å². The van der Waals surface area contributed by atoms with Gasteiger partial charge in [0, 0.05) is 18.3 Å². The summed E-state index contributed by atoms with van der Waals surface area (Å²) in [6.07, 6.45) is 1.60. The summed E-state index contributed by atoms with van der Waals surface area (Å²) in [4.78, 5) is 19.6. The van der Waals surface area contributed by atoms with E-state index in [1.807, 2.05) is 13.0 Å². The number of aromatic amines is 1. The Hall–Kier alpha value is -2.83. The van der Waals surface area contributed by atoms with Gasteiger partial charge in [-0.05, 0) is 19.9 Å². The van der Waals surface area contributed by atoms with E-state index >= 15 is 0 Å². The lowest BCUT2D eigenvalue weighted by Crippen LogP contribution is -2.11. The number of nitrogens with one attached hydrogen (secondary N) is 2. The van der Waals surface area contributed by atoms with E-state index in [1.165, 1.54) is 0 Å². The molecule has 0 radical (unpaired) electrons. The lowest BCUT2D eigenvalue weighted by Gasteiger charge is -2.02. The average Bonchev–Trinajstić information content (AvgIpc) is 3.05. The molecule has 0 atom stereocenters. The highest BCUT2D eigenvalue weighted by atomic mass is 16.5. The van der Waals surface area contributed by atoms with Crippen LogP contribution in [0.2, 0.25) is 0 Å². The number of nitrogens with zero attached hydrogens (tertiary/aromatic N) is 2. The van der Waals surface area contributed by atoms with Crippen LogP contribution in [0, 0.1) is 6.92 Å². The van der Waals surface area contributed by atoms with Gasteiger partial charge in [-0.2, -0.15) is 0 Å². The molecule has 0 fully saturated rings. The topological polar surface area (TPSA) is 93.0 Å². The molecule has 0 aliphatic carbocycles. The molecule has 3 heterocycles. The van der Waals surface area contributed by atoms with E-state index in [-0.39, 0.29) is 5.91 Å². The van der Waals surface area contributed by atoms with Gasteiger partial charge in [0.2, 0.25) is 11.8 Å². The molecule has 0 unspecified atom stereocenters. The molecule has 0 saturated heterocycles. The predicted octanol–water partition coefficient (Wildman–Crippen LogP) is 2.51. The van der Waals surface area contributed by atoms with E-state index in [1.54, 1.807) is 25.3 Å². The van der Waals surface area contributed by atoms with Crippen LogP contribution in [0.4, 0.5) is 5.88 Å². The zero-order chi connectivity index (χ0) is 14.8. The average molecular weight is 286 g/mol. The molecule has 7 nitrogen and oxygen atoms in total. The van der Waals surface area contributed by atoms with Gasteiger partial charge in [0.15, 0.2) is 0 Å². The first-order valence-corrected chi connectivity index (χ1v) is 6.53. The zero-order valence-corrected chi connectivity index (χ0v) is 11.6.